The second-order valence-corrected chi connectivity index (χ2v) is 9.71. The van der Waals surface area contributed by atoms with Crippen molar-refractivity contribution in [2.24, 2.45) is 17.3 Å². The van der Waals surface area contributed by atoms with Crippen molar-refractivity contribution in [3.05, 3.63) is 11.1 Å². The van der Waals surface area contributed by atoms with Crippen LogP contribution in [-0.4, -0.2) is 59.3 Å². The van der Waals surface area contributed by atoms with E-state index in [1.165, 1.54) is 0 Å². The number of hydrogen-bond donors (Lipinski definition) is 0. The van der Waals surface area contributed by atoms with Gasteiger partial charge in [-0.25, -0.2) is 4.79 Å². The Kier molecular flexibility index (Phi) is 2.16. The van der Waals surface area contributed by atoms with Gasteiger partial charge in [0.25, 0.3) is 0 Å². The van der Waals surface area contributed by atoms with Crippen LogP contribution in [0.2, 0.25) is 0 Å². The topological polar surface area (TPSA) is 98.0 Å². The lowest BCUT2D eigenvalue weighted by Gasteiger charge is -2.50. The summed E-state index contributed by atoms with van der Waals surface area (Å²) in [5.41, 5.74) is -2.24. The highest BCUT2D eigenvalue weighted by molar-refractivity contribution is 6.20. The smallest absolute Gasteiger partial charge is 0.342 e. The molecule has 3 aliphatic carbocycles. The van der Waals surface area contributed by atoms with Crippen molar-refractivity contribution in [3.8, 4) is 0 Å². The summed E-state index contributed by atoms with van der Waals surface area (Å²) in [6.07, 6.45) is 0.0499. The Hall–Kier alpha value is -1.57. The number of fused-ring (bicyclic) bond motifs is 4. The number of carbonyl (C=O) groups is 3. The molecule has 5 fully saturated rings. The monoisotopic (exact) mass is 372 g/mol. The Balaban J connectivity index is 1.42. The van der Waals surface area contributed by atoms with Gasteiger partial charge in [0.15, 0.2) is 17.0 Å². The number of esters is 1. The number of ketones is 2. The van der Waals surface area contributed by atoms with Gasteiger partial charge in [-0.05, 0) is 23.8 Å². The molecule has 27 heavy (non-hydrogen) atoms. The fraction of sp³-hybridized carbons (Fsp3) is 0.750. The van der Waals surface area contributed by atoms with Crippen LogP contribution in [0.5, 0.6) is 0 Å². The van der Waals surface area contributed by atoms with Crippen LogP contribution in [-0.2, 0) is 33.3 Å². The van der Waals surface area contributed by atoms with E-state index in [4.69, 9.17) is 18.9 Å². The highest BCUT2D eigenvalue weighted by atomic mass is 16.7. The maximum absolute atomic E-state index is 13.6. The molecule has 2 saturated carbocycles. The van der Waals surface area contributed by atoms with Crippen molar-refractivity contribution in [1.29, 1.82) is 0 Å². The first-order valence-corrected chi connectivity index (χ1v) is 9.77. The number of carbonyl (C=O) groups excluding carboxylic acids is 3. The Labute approximate surface area is 155 Å². The second kappa shape index (κ2) is 3.80. The Morgan fingerprint density at radius 3 is 2.59 bits per heavy atom. The summed E-state index contributed by atoms with van der Waals surface area (Å²) in [6.45, 7) is 6.18. The SMILES string of the molecule is CC(C)[C@]12O[C@H]1[C@@H]1O[C@@]13[C@@]1(C)CC(=O)C4=C(COC4=O)[C@@H]1C[C@@H]1O[C@@]13C2=O. The average Bonchev–Trinajstić information content (AvgIpc) is 3.48. The predicted octanol–water partition coefficient (Wildman–Crippen LogP) is 0.490. The van der Waals surface area contributed by atoms with Gasteiger partial charge in [0.05, 0.1) is 6.10 Å². The van der Waals surface area contributed by atoms with Crippen molar-refractivity contribution in [3.63, 3.8) is 0 Å². The number of Topliss-reactive ketones (excluding diaryl/α,β-unsaturated/α-hetero) is 2. The van der Waals surface area contributed by atoms with Crippen molar-refractivity contribution in [1.82, 2.24) is 0 Å². The molecular weight excluding hydrogens is 352 g/mol. The summed E-state index contributed by atoms with van der Waals surface area (Å²) < 4.78 is 23.7. The van der Waals surface area contributed by atoms with Gasteiger partial charge in [-0.2, -0.15) is 0 Å². The van der Waals surface area contributed by atoms with Gasteiger partial charge in [-0.15, -0.1) is 0 Å². The first-order valence-electron chi connectivity index (χ1n) is 9.77. The van der Waals surface area contributed by atoms with Gasteiger partial charge in [0, 0.05) is 11.8 Å². The van der Waals surface area contributed by atoms with E-state index in [9.17, 15) is 14.4 Å². The molecule has 0 N–H and O–H groups in total. The maximum atomic E-state index is 13.6. The average molecular weight is 372 g/mol. The number of rotatable bonds is 1. The molecule has 7 heteroatoms. The lowest BCUT2D eigenvalue weighted by molar-refractivity contribution is -0.142. The summed E-state index contributed by atoms with van der Waals surface area (Å²) in [7, 11) is 0. The van der Waals surface area contributed by atoms with Crippen LogP contribution < -0.4 is 0 Å². The first-order chi connectivity index (χ1) is 12.8. The third kappa shape index (κ3) is 1.19. The van der Waals surface area contributed by atoms with E-state index in [-0.39, 0.29) is 60.3 Å². The van der Waals surface area contributed by atoms with Crippen LogP contribution >= 0.6 is 0 Å². The lowest BCUT2D eigenvalue weighted by atomic mass is 9.47. The van der Waals surface area contributed by atoms with Gasteiger partial charge in [-0.1, -0.05) is 20.8 Å². The second-order valence-electron chi connectivity index (χ2n) is 9.71. The Bertz CT molecular complexity index is 935. The van der Waals surface area contributed by atoms with Gasteiger partial charge >= 0.3 is 5.97 Å². The summed E-state index contributed by atoms with van der Waals surface area (Å²) >= 11 is 0. The number of ether oxygens (including phenoxy) is 4. The van der Waals surface area contributed by atoms with Crippen LogP contribution in [0.1, 0.15) is 33.6 Å². The summed E-state index contributed by atoms with van der Waals surface area (Å²) in [5, 5.41) is 0. The molecule has 0 amide bonds. The Morgan fingerprint density at radius 2 is 1.85 bits per heavy atom. The van der Waals surface area contributed by atoms with E-state index in [2.05, 4.69) is 0 Å². The summed E-state index contributed by atoms with van der Waals surface area (Å²) in [5.74, 6) is -0.723. The third-order valence-corrected chi connectivity index (χ3v) is 8.62. The molecule has 4 aliphatic heterocycles. The molecular formula is C20H20O7. The van der Waals surface area contributed by atoms with E-state index in [1.54, 1.807) is 0 Å². The van der Waals surface area contributed by atoms with Crippen molar-refractivity contribution in [2.75, 3.05) is 6.61 Å². The molecule has 0 radical (unpaired) electrons. The largest absolute Gasteiger partial charge is 0.457 e. The highest BCUT2D eigenvalue weighted by Crippen LogP contribution is 2.81. The molecule has 142 valence electrons. The van der Waals surface area contributed by atoms with Crippen LogP contribution in [0.4, 0.5) is 0 Å². The van der Waals surface area contributed by atoms with Crippen molar-refractivity contribution < 1.29 is 33.3 Å². The fourth-order valence-electron chi connectivity index (χ4n) is 7.31. The number of epoxide rings is 3. The minimum absolute atomic E-state index is 0.000557. The molecule has 7 nitrogen and oxygen atoms in total. The van der Waals surface area contributed by atoms with Gasteiger partial charge in [0.1, 0.15) is 30.0 Å². The van der Waals surface area contributed by atoms with E-state index in [0.29, 0.717) is 6.42 Å². The van der Waals surface area contributed by atoms with E-state index in [0.717, 1.165) is 5.57 Å². The molecule has 3 saturated heterocycles. The molecule has 4 heterocycles. The molecule has 0 unspecified atom stereocenters. The number of cyclic esters (lactones) is 1. The van der Waals surface area contributed by atoms with Gasteiger partial charge < -0.3 is 18.9 Å². The maximum Gasteiger partial charge on any atom is 0.342 e. The van der Waals surface area contributed by atoms with Crippen LogP contribution in [0.3, 0.4) is 0 Å². The third-order valence-electron chi connectivity index (χ3n) is 8.62. The fourth-order valence-corrected chi connectivity index (χ4v) is 7.31. The predicted molar refractivity (Wildman–Crippen MR) is 86.5 cm³/mol. The minimum atomic E-state index is -0.998. The molecule has 0 aromatic rings. The van der Waals surface area contributed by atoms with Gasteiger partial charge in [-0.3, -0.25) is 9.59 Å². The molecule has 0 bridgehead atoms. The zero-order chi connectivity index (χ0) is 18.7. The summed E-state index contributed by atoms with van der Waals surface area (Å²) in [4.78, 5) is 38.6. The molecule has 7 rings (SSSR count). The van der Waals surface area contributed by atoms with Crippen LogP contribution in [0, 0.1) is 17.3 Å². The molecule has 8 atom stereocenters. The van der Waals surface area contributed by atoms with E-state index >= 15 is 0 Å². The lowest BCUT2D eigenvalue weighted by Crippen LogP contribution is -2.68. The molecule has 2 spiro atoms. The molecule has 7 aliphatic rings. The molecule has 0 aromatic heterocycles. The van der Waals surface area contributed by atoms with Crippen LogP contribution in [0.15, 0.2) is 11.1 Å². The summed E-state index contributed by atoms with van der Waals surface area (Å²) in [6, 6.07) is 0. The molecule has 0 aromatic carbocycles. The quantitative estimate of drug-likeness (QED) is 0.375. The number of hydrogen-bond acceptors (Lipinski definition) is 7. The van der Waals surface area contributed by atoms with E-state index in [1.807, 2.05) is 20.8 Å². The van der Waals surface area contributed by atoms with Gasteiger partial charge in [0.2, 0.25) is 5.78 Å². The normalized spacial score (nSPS) is 58.6. The van der Waals surface area contributed by atoms with Crippen molar-refractivity contribution in [2.45, 2.75) is 68.7 Å². The zero-order valence-electron chi connectivity index (χ0n) is 15.4. The highest BCUT2D eigenvalue weighted by Gasteiger charge is 3.01. The van der Waals surface area contributed by atoms with Crippen molar-refractivity contribution >= 4 is 17.5 Å². The zero-order valence-corrected chi connectivity index (χ0v) is 15.4. The van der Waals surface area contributed by atoms with Crippen LogP contribution in [0.25, 0.3) is 0 Å². The minimum Gasteiger partial charge on any atom is -0.457 e. The van der Waals surface area contributed by atoms with E-state index < -0.39 is 28.2 Å². The first kappa shape index (κ1) is 15.4. The standard InChI is InChI=1S/C20H20O7/c1-7(2)18-13(26-18)14-20(27-14)17(3)5-10(21)12-8(6-24-15(12)22)9(17)4-11-19(20,25-11)16(18)23/h7,9,11,13-14H,4-6H2,1-3H3/t9-,11-,13-,14-,17-,18-,19+,20+/m0/s1. The Morgan fingerprint density at radius 1 is 1.07 bits per heavy atom.